The van der Waals surface area contributed by atoms with Crippen LogP contribution in [-0.2, 0) is 13.1 Å². The van der Waals surface area contributed by atoms with Gasteiger partial charge >= 0.3 is 0 Å². The van der Waals surface area contributed by atoms with Crippen LogP contribution in [0.25, 0.3) is 0 Å². The lowest BCUT2D eigenvalue weighted by atomic mass is 10.0. The molecule has 0 bridgehead atoms. The molecule has 0 fully saturated rings. The summed E-state index contributed by atoms with van der Waals surface area (Å²) in [6.07, 6.45) is 0. The predicted octanol–water partition coefficient (Wildman–Crippen LogP) is 2.75. The number of rotatable bonds is 5. The van der Waals surface area contributed by atoms with Crippen molar-refractivity contribution < 1.29 is 5.21 Å². The summed E-state index contributed by atoms with van der Waals surface area (Å²) in [4.78, 5) is 1.37. The number of nitrogens with one attached hydrogen (secondary N) is 1. The maximum Gasteiger partial charge on any atom is 0.170 e. The molecule has 0 spiro atoms. The zero-order chi connectivity index (χ0) is 14.5. The monoisotopic (exact) mass is 289 g/mol. The average Bonchev–Trinajstić information content (AvgIpc) is 2.85. The van der Waals surface area contributed by atoms with Crippen LogP contribution in [0, 0.1) is 13.8 Å². The Hall–Kier alpha value is -1.85. The molecule has 0 amide bonds. The first-order valence-electron chi connectivity index (χ1n) is 6.43. The molecule has 1 heterocycles. The van der Waals surface area contributed by atoms with Crippen LogP contribution >= 0.6 is 11.3 Å². The molecule has 0 radical (unpaired) electrons. The highest BCUT2D eigenvalue weighted by atomic mass is 32.1. The van der Waals surface area contributed by atoms with Gasteiger partial charge in [-0.1, -0.05) is 17.3 Å². The van der Waals surface area contributed by atoms with Crippen LogP contribution < -0.4 is 11.1 Å². The van der Waals surface area contributed by atoms with E-state index in [0.29, 0.717) is 0 Å². The van der Waals surface area contributed by atoms with Gasteiger partial charge in [-0.15, -0.1) is 11.3 Å². The molecule has 4 nitrogen and oxygen atoms in total. The number of amidine groups is 1. The maximum atomic E-state index is 8.67. The van der Waals surface area contributed by atoms with Crippen molar-refractivity contribution in [3.63, 3.8) is 0 Å². The topological polar surface area (TPSA) is 70.6 Å². The van der Waals surface area contributed by atoms with Gasteiger partial charge in [-0.2, -0.15) is 0 Å². The van der Waals surface area contributed by atoms with Crippen LogP contribution in [0.3, 0.4) is 0 Å². The number of nitrogens with two attached hydrogens (primary N) is 1. The highest BCUT2D eigenvalue weighted by molar-refractivity contribution is 7.10. The molecule has 0 saturated heterocycles. The van der Waals surface area contributed by atoms with Crippen LogP contribution in [-0.4, -0.2) is 11.0 Å². The number of thiophene rings is 1. The normalized spacial score (nSPS) is 11.8. The fraction of sp³-hybridized carbons (Fsp3) is 0.267. The summed E-state index contributed by atoms with van der Waals surface area (Å²) in [5.41, 5.74) is 10.00. The number of nitrogens with zero attached hydrogens (tertiary/aromatic N) is 1. The van der Waals surface area contributed by atoms with Crippen molar-refractivity contribution in [3.8, 4) is 0 Å². The molecule has 2 aromatic rings. The van der Waals surface area contributed by atoms with E-state index < -0.39 is 0 Å². The number of benzene rings is 1. The minimum atomic E-state index is 0.141. The van der Waals surface area contributed by atoms with E-state index in [1.54, 1.807) is 11.3 Å². The molecule has 2 rings (SSSR count). The van der Waals surface area contributed by atoms with Gasteiger partial charge in [0.2, 0.25) is 0 Å². The second kappa shape index (κ2) is 6.54. The van der Waals surface area contributed by atoms with Crippen LogP contribution in [0.4, 0.5) is 0 Å². The summed E-state index contributed by atoms with van der Waals surface area (Å²) in [5, 5.41) is 17.3. The van der Waals surface area contributed by atoms with Gasteiger partial charge in [0.15, 0.2) is 5.84 Å². The summed E-state index contributed by atoms with van der Waals surface area (Å²) in [6, 6.07) is 7.95. The predicted molar refractivity (Wildman–Crippen MR) is 83.3 cm³/mol. The van der Waals surface area contributed by atoms with Crippen LogP contribution in [0.2, 0.25) is 0 Å². The fourth-order valence-electron chi connectivity index (χ4n) is 2.01. The molecule has 1 aromatic heterocycles. The van der Waals surface area contributed by atoms with E-state index in [9.17, 15) is 0 Å². The average molecular weight is 289 g/mol. The molecule has 20 heavy (non-hydrogen) atoms. The molecular formula is C15H19N3OS. The third-order valence-electron chi connectivity index (χ3n) is 3.32. The smallest absolute Gasteiger partial charge is 0.170 e. The highest BCUT2D eigenvalue weighted by Gasteiger charge is 2.04. The van der Waals surface area contributed by atoms with E-state index in [4.69, 9.17) is 10.9 Å². The van der Waals surface area contributed by atoms with Crippen molar-refractivity contribution >= 4 is 17.2 Å². The second-order valence-electron chi connectivity index (χ2n) is 4.76. The van der Waals surface area contributed by atoms with Gasteiger partial charge in [0.1, 0.15) is 0 Å². The Morgan fingerprint density at radius 3 is 2.65 bits per heavy atom. The minimum Gasteiger partial charge on any atom is -0.409 e. The van der Waals surface area contributed by atoms with E-state index in [1.165, 1.54) is 16.0 Å². The maximum absolute atomic E-state index is 8.67. The lowest BCUT2D eigenvalue weighted by Gasteiger charge is -2.09. The molecular weight excluding hydrogens is 270 g/mol. The summed E-state index contributed by atoms with van der Waals surface area (Å²) in [5.74, 6) is 0.141. The Morgan fingerprint density at radius 1 is 1.25 bits per heavy atom. The SMILES string of the molecule is Cc1cc(/C(N)=N/O)ccc1CNCc1sccc1C. The summed E-state index contributed by atoms with van der Waals surface area (Å²) in [6.45, 7) is 5.84. The summed E-state index contributed by atoms with van der Waals surface area (Å²) < 4.78 is 0. The Labute approximate surface area is 122 Å². The third-order valence-corrected chi connectivity index (χ3v) is 4.34. The van der Waals surface area contributed by atoms with Gasteiger partial charge in [0.25, 0.3) is 0 Å². The minimum absolute atomic E-state index is 0.141. The molecule has 0 atom stereocenters. The van der Waals surface area contributed by atoms with Gasteiger partial charge in [0, 0.05) is 23.5 Å². The van der Waals surface area contributed by atoms with Crippen LogP contribution in [0.1, 0.15) is 27.1 Å². The van der Waals surface area contributed by atoms with Crippen molar-refractivity contribution in [1.82, 2.24) is 5.32 Å². The molecule has 0 aliphatic rings. The molecule has 0 aliphatic heterocycles. The summed E-state index contributed by atoms with van der Waals surface area (Å²) in [7, 11) is 0. The zero-order valence-corrected chi connectivity index (χ0v) is 12.5. The van der Waals surface area contributed by atoms with Gasteiger partial charge < -0.3 is 16.3 Å². The third kappa shape index (κ3) is 3.37. The molecule has 1 aromatic carbocycles. The molecule has 0 saturated carbocycles. The van der Waals surface area contributed by atoms with E-state index in [-0.39, 0.29) is 5.84 Å². The van der Waals surface area contributed by atoms with Gasteiger partial charge in [-0.05, 0) is 48.1 Å². The van der Waals surface area contributed by atoms with Crippen molar-refractivity contribution in [3.05, 3.63) is 56.8 Å². The zero-order valence-electron chi connectivity index (χ0n) is 11.7. The van der Waals surface area contributed by atoms with Crippen molar-refractivity contribution in [2.24, 2.45) is 10.9 Å². The van der Waals surface area contributed by atoms with Gasteiger partial charge in [-0.3, -0.25) is 0 Å². The Kier molecular flexibility index (Phi) is 4.76. The number of oxime groups is 1. The first-order chi connectivity index (χ1) is 9.61. The number of aryl methyl sites for hydroxylation is 2. The molecule has 106 valence electrons. The van der Waals surface area contributed by atoms with Crippen LogP contribution in [0.15, 0.2) is 34.8 Å². The fourth-order valence-corrected chi connectivity index (χ4v) is 2.88. The highest BCUT2D eigenvalue weighted by Crippen LogP contribution is 2.16. The van der Waals surface area contributed by atoms with E-state index in [2.05, 4.69) is 28.8 Å². The first-order valence-corrected chi connectivity index (χ1v) is 7.31. The standard InChI is InChI=1S/C15H19N3OS/c1-10-5-6-20-14(10)9-17-8-13-4-3-12(7-11(13)2)15(16)18-19/h3-7,17,19H,8-9H2,1-2H3,(H2,16,18). The van der Waals surface area contributed by atoms with Crippen LogP contribution in [0.5, 0.6) is 0 Å². The van der Waals surface area contributed by atoms with Crippen molar-refractivity contribution in [1.29, 1.82) is 0 Å². The lowest BCUT2D eigenvalue weighted by Crippen LogP contribution is -2.15. The van der Waals surface area contributed by atoms with E-state index >= 15 is 0 Å². The molecule has 5 heteroatoms. The number of hydrogen-bond donors (Lipinski definition) is 3. The van der Waals surface area contributed by atoms with E-state index in [1.807, 2.05) is 25.1 Å². The summed E-state index contributed by atoms with van der Waals surface area (Å²) >= 11 is 1.78. The van der Waals surface area contributed by atoms with Gasteiger partial charge in [-0.25, -0.2) is 0 Å². The number of hydrogen-bond acceptors (Lipinski definition) is 4. The Balaban J connectivity index is 1.98. The molecule has 4 N–H and O–H groups in total. The Morgan fingerprint density at radius 2 is 2.05 bits per heavy atom. The molecule has 0 unspecified atom stereocenters. The van der Waals surface area contributed by atoms with Gasteiger partial charge in [0.05, 0.1) is 0 Å². The van der Waals surface area contributed by atoms with Crippen molar-refractivity contribution in [2.45, 2.75) is 26.9 Å². The Bertz CT molecular complexity index is 619. The van der Waals surface area contributed by atoms with Crippen molar-refractivity contribution in [2.75, 3.05) is 0 Å². The lowest BCUT2D eigenvalue weighted by molar-refractivity contribution is 0.318. The quantitative estimate of drug-likeness (QED) is 0.343. The first kappa shape index (κ1) is 14.6. The second-order valence-corrected chi connectivity index (χ2v) is 5.76. The largest absolute Gasteiger partial charge is 0.409 e. The van der Waals surface area contributed by atoms with E-state index in [0.717, 1.165) is 24.2 Å². The molecule has 0 aliphatic carbocycles.